The molecule has 0 atom stereocenters. The Bertz CT molecular complexity index is 404. The highest BCUT2D eigenvalue weighted by molar-refractivity contribution is 7.98. The predicted octanol–water partition coefficient (Wildman–Crippen LogP) is 2.69. The van der Waals surface area contributed by atoms with Crippen LogP contribution in [0.3, 0.4) is 0 Å². The van der Waals surface area contributed by atoms with Gasteiger partial charge in [0.25, 0.3) is 0 Å². The highest BCUT2D eigenvalue weighted by Crippen LogP contribution is 2.11. The van der Waals surface area contributed by atoms with Gasteiger partial charge in [0.15, 0.2) is 0 Å². The third-order valence-corrected chi connectivity index (χ3v) is 3.69. The van der Waals surface area contributed by atoms with Crippen molar-refractivity contribution in [3.05, 3.63) is 17.7 Å². The van der Waals surface area contributed by atoms with E-state index in [1.54, 1.807) is 6.33 Å². The van der Waals surface area contributed by atoms with Crippen LogP contribution in [0.2, 0.25) is 0 Å². The first-order chi connectivity index (χ1) is 9.77. The van der Waals surface area contributed by atoms with Crippen LogP contribution in [0.1, 0.15) is 31.2 Å². The lowest BCUT2D eigenvalue weighted by atomic mass is 10.4. The summed E-state index contributed by atoms with van der Waals surface area (Å²) in [6, 6.07) is 0. The van der Waals surface area contributed by atoms with Gasteiger partial charge in [-0.25, -0.2) is 4.98 Å². The summed E-state index contributed by atoms with van der Waals surface area (Å²) in [5.41, 5.74) is 2.27. The second kappa shape index (κ2) is 15.1. The van der Waals surface area contributed by atoms with Crippen LogP contribution in [-0.2, 0) is 10.6 Å². The number of aromatic nitrogens is 2. The number of guanidine groups is 1. The summed E-state index contributed by atoms with van der Waals surface area (Å²) in [4.78, 5) is 12.5. The normalized spacial score (nSPS) is 10.4. The second-order valence-corrected chi connectivity index (χ2v) is 5.43. The molecule has 130 valence electrons. The monoisotopic (exact) mass is 371 g/mol. The number of unbranched alkanes of at least 4 members (excludes halogenated alkanes) is 1. The van der Waals surface area contributed by atoms with Crippen LogP contribution in [0.25, 0.3) is 0 Å². The third kappa shape index (κ3) is 10.0. The molecule has 1 rings (SSSR count). The van der Waals surface area contributed by atoms with Crippen molar-refractivity contribution in [1.29, 1.82) is 0 Å². The molecule has 1 aromatic rings. The van der Waals surface area contributed by atoms with Crippen LogP contribution in [-0.4, -0.2) is 41.9 Å². The molecule has 22 heavy (non-hydrogen) atoms. The van der Waals surface area contributed by atoms with E-state index in [0.717, 1.165) is 36.6 Å². The van der Waals surface area contributed by atoms with Gasteiger partial charge in [-0.05, 0) is 18.5 Å². The van der Waals surface area contributed by atoms with E-state index in [9.17, 15) is 0 Å². The minimum absolute atomic E-state index is 0. The van der Waals surface area contributed by atoms with E-state index in [2.05, 4.69) is 32.7 Å². The second-order valence-electron chi connectivity index (χ2n) is 4.32. The van der Waals surface area contributed by atoms with Crippen molar-refractivity contribution in [1.82, 2.24) is 20.6 Å². The zero-order valence-corrected chi connectivity index (χ0v) is 15.8. The zero-order valence-electron chi connectivity index (χ0n) is 13.3. The van der Waals surface area contributed by atoms with Crippen LogP contribution >= 0.6 is 36.6 Å². The van der Waals surface area contributed by atoms with Crippen molar-refractivity contribution >= 4 is 42.5 Å². The van der Waals surface area contributed by atoms with Crippen LogP contribution < -0.4 is 10.6 Å². The van der Waals surface area contributed by atoms with Crippen molar-refractivity contribution in [2.75, 3.05) is 26.0 Å². The van der Waals surface area contributed by atoms with E-state index < -0.39 is 0 Å². The van der Waals surface area contributed by atoms with E-state index in [-0.39, 0.29) is 24.8 Å². The van der Waals surface area contributed by atoms with Gasteiger partial charge in [0.2, 0.25) is 5.96 Å². The van der Waals surface area contributed by atoms with Gasteiger partial charge in [-0.15, -0.1) is 24.8 Å². The number of oxime groups is 1. The number of thioether (sulfide) groups is 1. The fourth-order valence-corrected chi connectivity index (χ4v) is 2.32. The molecule has 0 spiro atoms. The molecular formula is C13H27Cl2N5OS. The number of hydrogen-bond donors (Lipinski definition) is 3. The predicted molar refractivity (Wildman–Crippen MR) is 99.3 cm³/mol. The molecule has 0 amide bonds. The maximum absolute atomic E-state index is 5.20. The number of rotatable bonds is 9. The van der Waals surface area contributed by atoms with E-state index in [1.165, 1.54) is 5.69 Å². The number of hydrogen-bond acceptors (Lipinski definition) is 4. The van der Waals surface area contributed by atoms with Crippen molar-refractivity contribution in [3.63, 3.8) is 0 Å². The number of aryl methyl sites for hydroxylation is 1. The number of H-pyrrole nitrogens is 1. The lowest BCUT2D eigenvalue weighted by Crippen LogP contribution is -2.36. The summed E-state index contributed by atoms with van der Waals surface area (Å²) >= 11 is 1.85. The minimum Gasteiger partial charge on any atom is -0.393 e. The molecular weight excluding hydrogens is 345 g/mol. The van der Waals surface area contributed by atoms with Crippen LogP contribution in [0.5, 0.6) is 0 Å². The van der Waals surface area contributed by atoms with Gasteiger partial charge in [0.1, 0.15) is 6.61 Å². The van der Waals surface area contributed by atoms with E-state index in [1.807, 2.05) is 25.7 Å². The first kappa shape index (κ1) is 23.5. The quantitative estimate of drug-likeness (QED) is 0.269. The smallest absolute Gasteiger partial charge is 0.233 e. The Labute approximate surface area is 149 Å². The highest BCUT2D eigenvalue weighted by atomic mass is 35.5. The maximum atomic E-state index is 5.20. The van der Waals surface area contributed by atoms with Gasteiger partial charge < -0.3 is 20.5 Å². The average Bonchev–Trinajstić information content (AvgIpc) is 2.86. The zero-order chi connectivity index (χ0) is 14.6. The third-order valence-electron chi connectivity index (χ3n) is 2.70. The van der Waals surface area contributed by atoms with E-state index in [0.29, 0.717) is 12.6 Å². The molecule has 0 aromatic carbocycles. The molecule has 0 aliphatic carbocycles. The largest absolute Gasteiger partial charge is 0.393 e. The summed E-state index contributed by atoms with van der Waals surface area (Å²) in [6.45, 7) is 5.65. The van der Waals surface area contributed by atoms with Crippen molar-refractivity contribution in [2.24, 2.45) is 5.16 Å². The van der Waals surface area contributed by atoms with Gasteiger partial charge in [-0.2, -0.15) is 11.8 Å². The number of nitrogens with one attached hydrogen (secondary N) is 3. The Kier molecular flexibility index (Phi) is 16.1. The Balaban J connectivity index is 0. The lowest BCUT2D eigenvalue weighted by Gasteiger charge is -2.08. The molecule has 0 saturated heterocycles. The standard InChI is InChI=1S/C13H25N5OS.2ClH/c1-4-5-7-19-18-13(14-3)15-6-8-20-9-12-11(2)16-10-17-12;;/h10H,4-9H2,1-3H3,(H,16,17)(H2,14,15,18);2*1H. The Morgan fingerprint density at radius 2 is 2.23 bits per heavy atom. The molecule has 0 saturated carbocycles. The van der Waals surface area contributed by atoms with Crippen LogP contribution in [0.15, 0.2) is 11.5 Å². The van der Waals surface area contributed by atoms with E-state index in [4.69, 9.17) is 4.84 Å². The molecule has 9 heteroatoms. The SMILES string of the molecule is CCCCON=C(NC)NCCSCc1[nH]cnc1C.Cl.Cl. The van der Waals surface area contributed by atoms with Crippen LogP contribution in [0.4, 0.5) is 0 Å². The average molecular weight is 372 g/mol. The molecule has 0 radical (unpaired) electrons. The molecule has 0 aliphatic rings. The molecule has 1 aromatic heterocycles. The maximum Gasteiger partial charge on any atom is 0.233 e. The molecule has 6 nitrogen and oxygen atoms in total. The van der Waals surface area contributed by atoms with Crippen molar-refractivity contribution in [3.8, 4) is 0 Å². The molecule has 0 fully saturated rings. The van der Waals surface area contributed by atoms with E-state index >= 15 is 0 Å². The summed E-state index contributed by atoms with van der Waals surface area (Å²) in [5, 5.41) is 10.2. The molecule has 3 N–H and O–H groups in total. The molecule has 0 unspecified atom stereocenters. The van der Waals surface area contributed by atoms with Crippen LogP contribution in [0, 0.1) is 6.92 Å². The summed E-state index contributed by atoms with van der Waals surface area (Å²) in [5.74, 6) is 2.63. The first-order valence-electron chi connectivity index (χ1n) is 6.96. The Morgan fingerprint density at radius 3 is 2.82 bits per heavy atom. The number of imidazole rings is 1. The molecule has 0 bridgehead atoms. The highest BCUT2D eigenvalue weighted by Gasteiger charge is 2.00. The summed E-state index contributed by atoms with van der Waals surface area (Å²) in [6.07, 6.45) is 3.88. The fourth-order valence-electron chi connectivity index (χ4n) is 1.44. The molecule has 0 aliphatic heterocycles. The fraction of sp³-hybridized carbons (Fsp3) is 0.692. The lowest BCUT2D eigenvalue weighted by molar-refractivity contribution is 0.139. The van der Waals surface area contributed by atoms with Gasteiger partial charge in [-0.3, -0.25) is 0 Å². The first-order valence-corrected chi connectivity index (χ1v) is 8.11. The number of halogens is 2. The van der Waals surface area contributed by atoms with Crippen molar-refractivity contribution in [2.45, 2.75) is 32.4 Å². The summed E-state index contributed by atoms with van der Waals surface area (Å²) in [7, 11) is 1.83. The summed E-state index contributed by atoms with van der Waals surface area (Å²) < 4.78 is 0. The Hall–Kier alpha value is -0.790. The van der Waals surface area contributed by atoms with Gasteiger partial charge in [0.05, 0.1) is 12.0 Å². The minimum atomic E-state index is 0. The number of nitrogens with zero attached hydrogens (tertiary/aromatic N) is 2. The topological polar surface area (TPSA) is 74.3 Å². The van der Waals surface area contributed by atoms with Gasteiger partial charge in [-0.1, -0.05) is 13.3 Å². The van der Waals surface area contributed by atoms with Gasteiger partial charge >= 0.3 is 0 Å². The Morgan fingerprint density at radius 1 is 1.45 bits per heavy atom. The van der Waals surface area contributed by atoms with Gasteiger partial charge in [0, 0.05) is 30.8 Å². The molecule has 1 heterocycles. The number of aromatic amines is 1. The van der Waals surface area contributed by atoms with Crippen molar-refractivity contribution < 1.29 is 4.84 Å².